The van der Waals surface area contributed by atoms with Crippen molar-refractivity contribution in [3.05, 3.63) is 159 Å². The Morgan fingerprint density at radius 1 is 1.06 bits per heavy atom. The number of carbonyl (C=O) groups is 1. The fourth-order valence-electron chi connectivity index (χ4n) is 5.91. The molecule has 0 fully saturated rings. The zero-order valence-corrected chi connectivity index (χ0v) is 31.5. The number of para-hydroxylation sites is 1. The van der Waals surface area contributed by atoms with Crippen molar-refractivity contribution in [1.82, 2.24) is 19.7 Å². The highest BCUT2D eigenvalue weighted by Gasteiger charge is 2.32. The van der Waals surface area contributed by atoms with Crippen LogP contribution in [0.15, 0.2) is 122 Å². The molecule has 53 heavy (non-hydrogen) atoms. The molecule has 3 heterocycles. The van der Waals surface area contributed by atoms with E-state index in [0.717, 1.165) is 34.2 Å². The first kappa shape index (κ1) is 36.0. The molecule has 0 aliphatic carbocycles. The lowest BCUT2D eigenvalue weighted by atomic mass is 9.93. The lowest BCUT2D eigenvalue weighted by molar-refractivity contribution is -0.387. The average molecular weight is 783 g/mol. The minimum absolute atomic E-state index is 0.189. The van der Waals surface area contributed by atoms with Crippen LogP contribution >= 0.6 is 46.3 Å². The van der Waals surface area contributed by atoms with Crippen LogP contribution < -0.4 is 20.2 Å². The van der Waals surface area contributed by atoms with Gasteiger partial charge in [0.1, 0.15) is 0 Å². The number of aromatic nitrogens is 4. The van der Waals surface area contributed by atoms with Crippen LogP contribution in [0.5, 0.6) is 0 Å². The molecule has 7 rings (SSSR count). The number of halogens is 2. The van der Waals surface area contributed by atoms with Gasteiger partial charge >= 0.3 is 0 Å². The number of nitrogens with zero attached hydrogens (tertiary/aromatic N) is 5. The summed E-state index contributed by atoms with van der Waals surface area (Å²) in [6.07, 6.45) is 1.60. The van der Waals surface area contributed by atoms with E-state index in [4.69, 9.17) is 28.2 Å². The number of nitro groups is 1. The minimum Gasteiger partial charge on any atom is -0.322 e. The number of anilines is 1. The van der Waals surface area contributed by atoms with Crippen molar-refractivity contribution in [3.63, 3.8) is 0 Å². The van der Waals surface area contributed by atoms with Gasteiger partial charge in [0.25, 0.3) is 17.2 Å². The number of hydrogen-bond acceptors (Lipinski definition) is 9. The van der Waals surface area contributed by atoms with Crippen molar-refractivity contribution in [2.24, 2.45) is 4.99 Å². The van der Waals surface area contributed by atoms with E-state index in [-0.39, 0.29) is 22.3 Å². The third-order valence-corrected chi connectivity index (χ3v) is 11.0. The Labute approximate surface area is 320 Å². The molecule has 4 aromatic carbocycles. The molecule has 2 aromatic heterocycles. The number of thiazole rings is 1. The Hall–Kier alpha value is -5.34. The Balaban J connectivity index is 1.25. The third kappa shape index (κ3) is 7.46. The maximum absolute atomic E-state index is 14.3. The van der Waals surface area contributed by atoms with E-state index in [1.54, 1.807) is 55.5 Å². The fourth-order valence-corrected chi connectivity index (χ4v) is 8.25. The van der Waals surface area contributed by atoms with E-state index in [1.807, 2.05) is 42.5 Å². The van der Waals surface area contributed by atoms with E-state index in [9.17, 15) is 19.7 Å². The largest absolute Gasteiger partial charge is 0.322 e. The van der Waals surface area contributed by atoms with Gasteiger partial charge in [0.05, 0.1) is 36.7 Å². The van der Waals surface area contributed by atoms with Crippen LogP contribution in [-0.2, 0) is 4.79 Å². The molecule has 6 aromatic rings. The Morgan fingerprint density at radius 3 is 2.51 bits per heavy atom. The molecule has 1 amide bonds. The summed E-state index contributed by atoms with van der Waals surface area (Å²) >= 11 is 14.5. The molecular formula is C38H29Cl2N7O4S2. The Kier molecular flexibility index (Phi) is 10.2. The first-order valence-corrected chi connectivity index (χ1v) is 18.7. The van der Waals surface area contributed by atoms with E-state index in [0.29, 0.717) is 64.1 Å². The molecule has 0 radical (unpaired) electrons. The smallest absolute Gasteiger partial charge is 0.283 e. The third-order valence-electron chi connectivity index (χ3n) is 8.55. The lowest BCUT2D eigenvalue weighted by Crippen LogP contribution is -2.40. The van der Waals surface area contributed by atoms with E-state index in [1.165, 1.54) is 10.6 Å². The van der Waals surface area contributed by atoms with Crippen molar-refractivity contribution in [3.8, 4) is 11.4 Å². The number of aromatic amines is 1. The van der Waals surface area contributed by atoms with Gasteiger partial charge in [0.15, 0.2) is 10.6 Å². The number of carbonyl (C=O) groups excluding carboxylic acids is 1. The molecule has 266 valence electrons. The van der Waals surface area contributed by atoms with Crippen LogP contribution in [0.25, 0.3) is 17.5 Å². The van der Waals surface area contributed by atoms with Crippen molar-refractivity contribution < 1.29 is 9.72 Å². The molecule has 0 saturated heterocycles. The molecular weight excluding hydrogens is 754 g/mol. The zero-order chi connectivity index (χ0) is 37.4. The molecule has 15 heteroatoms. The number of rotatable bonds is 9. The van der Waals surface area contributed by atoms with Gasteiger partial charge in [-0.1, -0.05) is 96.9 Å². The van der Waals surface area contributed by atoms with E-state index >= 15 is 0 Å². The second-order valence-electron chi connectivity index (χ2n) is 12.4. The van der Waals surface area contributed by atoms with Crippen LogP contribution in [0.3, 0.4) is 0 Å². The Bertz CT molecular complexity index is 2620. The Morgan fingerprint density at radius 2 is 1.81 bits per heavy atom. The van der Waals surface area contributed by atoms with Crippen LogP contribution in [-0.4, -0.2) is 30.6 Å². The highest BCUT2D eigenvalue weighted by molar-refractivity contribution is 7.99. The van der Waals surface area contributed by atoms with Crippen molar-refractivity contribution in [2.45, 2.75) is 42.8 Å². The van der Waals surface area contributed by atoms with Crippen LogP contribution in [0.4, 0.5) is 11.4 Å². The summed E-state index contributed by atoms with van der Waals surface area (Å²) in [5.74, 6) is 0.302. The number of hydrogen-bond donors (Lipinski definition) is 2. The van der Waals surface area contributed by atoms with Crippen LogP contribution in [0.1, 0.15) is 49.4 Å². The molecule has 0 bridgehead atoms. The van der Waals surface area contributed by atoms with Crippen molar-refractivity contribution >= 4 is 69.7 Å². The summed E-state index contributed by atoms with van der Waals surface area (Å²) in [5.41, 5.74) is 3.76. The molecule has 0 saturated carbocycles. The molecule has 2 N–H and O–H groups in total. The van der Waals surface area contributed by atoms with Gasteiger partial charge < -0.3 is 5.32 Å². The molecule has 0 spiro atoms. The van der Waals surface area contributed by atoms with Gasteiger partial charge in [-0.15, -0.1) is 5.10 Å². The molecule has 11 nitrogen and oxygen atoms in total. The lowest BCUT2D eigenvalue weighted by Gasteiger charge is -2.25. The van der Waals surface area contributed by atoms with Gasteiger partial charge in [0.2, 0.25) is 5.16 Å². The highest BCUT2D eigenvalue weighted by Crippen LogP contribution is 2.36. The topological polar surface area (TPSA) is 148 Å². The van der Waals surface area contributed by atoms with Crippen molar-refractivity contribution in [1.29, 1.82) is 0 Å². The van der Waals surface area contributed by atoms with Gasteiger partial charge in [-0.25, -0.2) is 9.98 Å². The summed E-state index contributed by atoms with van der Waals surface area (Å²) in [7, 11) is 0. The zero-order valence-electron chi connectivity index (χ0n) is 28.3. The number of nitrogens with one attached hydrogen (secondary N) is 2. The summed E-state index contributed by atoms with van der Waals surface area (Å²) in [6, 6.07) is 25.8. The van der Waals surface area contributed by atoms with E-state index < -0.39 is 11.0 Å². The number of nitro benzene ring substituents is 1. The first-order valence-electron chi connectivity index (χ1n) is 16.3. The first-order chi connectivity index (χ1) is 25.5. The number of H-pyrrole nitrogens is 1. The van der Waals surface area contributed by atoms with Crippen LogP contribution in [0, 0.1) is 10.1 Å². The summed E-state index contributed by atoms with van der Waals surface area (Å²) in [4.78, 5) is 49.8. The second-order valence-corrected chi connectivity index (χ2v) is 15.3. The van der Waals surface area contributed by atoms with Gasteiger partial charge in [-0.2, -0.15) is 0 Å². The second kappa shape index (κ2) is 15.0. The standard InChI is InChI=1S/C38H29Cl2N7O4S2/c1-20(2)23-10-12-24(13-11-23)33-32(35(48)42-26-7-5-4-6-8-26)21(3)41-38-46(33)36(49)31(53-38)18-22-9-16-30(29(17-22)47(50)51)52-37-43-34(44-45-37)27-15-14-25(39)19-28(27)40/h4-20,33H,1-3H3,(H,42,48)(H,43,44,45)/b31-18+/t33-/m0/s1. The normalized spacial score (nSPS) is 14.3. The maximum atomic E-state index is 14.3. The fraction of sp³-hybridized carbons (Fsp3) is 0.132. The molecule has 1 aliphatic rings. The minimum atomic E-state index is -0.763. The summed E-state index contributed by atoms with van der Waals surface area (Å²) in [6.45, 7) is 5.95. The molecule has 0 unspecified atom stereocenters. The molecule has 1 aliphatic heterocycles. The van der Waals surface area contributed by atoms with E-state index in [2.05, 4.69) is 34.3 Å². The predicted molar refractivity (Wildman–Crippen MR) is 208 cm³/mol. The quantitative estimate of drug-likeness (QED) is 0.111. The predicted octanol–water partition coefficient (Wildman–Crippen LogP) is 8.15. The maximum Gasteiger partial charge on any atom is 0.283 e. The number of allylic oxidation sites excluding steroid dienone is 1. The average Bonchev–Trinajstić information content (AvgIpc) is 3.71. The van der Waals surface area contributed by atoms with Crippen molar-refractivity contribution in [2.75, 3.05) is 5.32 Å². The summed E-state index contributed by atoms with van der Waals surface area (Å²) < 4.78 is 1.83. The number of benzene rings is 4. The SMILES string of the molecule is CC1=C(C(=O)Nc2ccccc2)[C@H](c2ccc(C(C)C)cc2)n2c(s/c(=C/c3ccc(Sc4n[nH]c(-c5ccc(Cl)cc5Cl)n4)c([N+](=O)[O-])c3)c2=O)=N1. The summed E-state index contributed by atoms with van der Waals surface area (Å²) in [5, 5.41) is 23.3. The monoisotopic (exact) mass is 781 g/mol. The number of amides is 1. The highest BCUT2D eigenvalue weighted by atomic mass is 35.5. The van der Waals surface area contributed by atoms with Gasteiger partial charge in [-0.3, -0.25) is 29.4 Å². The van der Waals surface area contributed by atoms with Crippen LogP contribution in [0.2, 0.25) is 10.0 Å². The molecule has 1 atom stereocenters. The number of fused-ring (bicyclic) bond motifs is 1. The van der Waals surface area contributed by atoms with Gasteiger partial charge in [0, 0.05) is 22.3 Å². The van der Waals surface area contributed by atoms with Gasteiger partial charge in [-0.05, 0) is 83.8 Å².